The number of aromatic nitrogens is 3. The SMILES string of the molecule is CC[C@@H](NC(=O)CSc1n[nH]c(-c2ccccc2)n1)c1ccc(C)cc1. The standard InChI is InChI=1S/C20H22N4OS/c1-3-17(15-11-9-14(2)10-12-15)21-18(25)13-26-20-22-19(23-24-20)16-7-5-4-6-8-16/h4-12,17H,3,13H2,1-2H3,(H,21,25)(H,22,23,24)/t17-/m1/s1. The Morgan fingerprint density at radius 2 is 1.88 bits per heavy atom. The van der Waals surface area contributed by atoms with Crippen molar-refractivity contribution in [2.45, 2.75) is 31.5 Å². The Morgan fingerprint density at radius 3 is 2.58 bits per heavy atom. The summed E-state index contributed by atoms with van der Waals surface area (Å²) in [6, 6.07) is 18.1. The fourth-order valence-electron chi connectivity index (χ4n) is 2.62. The molecule has 1 aromatic heterocycles. The summed E-state index contributed by atoms with van der Waals surface area (Å²) in [5.74, 6) is 0.974. The molecule has 6 heteroatoms. The normalized spacial score (nSPS) is 11.9. The van der Waals surface area contributed by atoms with Crippen molar-refractivity contribution in [2.24, 2.45) is 0 Å². The van der Waals surface area contributed by atoms with Crippen molar-refractivity contribution in [3.63, 3.8) is 0 Å². The number of hydrogen-bond donors (Lipinski definition) is 2. The minimum atomic E-state index is -0.0199. The fraction of sp³-hybridized carbons (Fsp3) is 0.250. The van der Waals surface area contributed by atoms with Crippen LogP contribution in [0.25, 0.3) is 11.4 Å². The molecule has 1 amide bonds. The van der Waals surface area contributed by atoms with E-state index in [0.29, 0.717) is 11.0 Å². The van der Waals surface area contributed by atoms with Crippen LogP contribution in [0.3, 0.4) is 0 Å². The Morgan fingerprint density at radius 1 is 1.15 bits per heavy atom. The van der Waals surface area contributed by atoms with E-state index in [9.17, 15) is 4.79 Å². The predicted octanol–water partition coefficient (Wildman–Crippen LogP) is 4.14. The average Bonchev–Trinajstić information content (AvgIpc) is 3.15. The molecule has 0 aliphatic heterocycles. The number of aryl methyl sites for hydroxylation is 1. The lowest BCUT2D eigenvalue weighted by molar-refractivity contribution is -0.119. The molecule has 0 aliphatic carbocycles. The van der Waals surface area contributed by atoms with E-state index in [1.165, 1.54) is 17.3 Å². The van der Waals surface area contributed by atoms with E-state index in [-0.39, 0.29) is 17.7 Å². The van der Waals surface area contributed by atoms with Crippen LogP contribution in [0.4, 0.5) is 0 Å². The number of aromatic amines is 1. The monoisotopic (exact) mass is 366 g/mol. The molecule has 0 unspecified atom stereocenters. The second-order valence-electron chi connectivity index (χ2n) is 6.06. The highest BCUT2D eigenvalue weighted by atomic mass is 32.2. The highest BCUT2D eigenvalue weighted by Crippen LogP contribution is 2.20. The van der Waals surface area contributed by atoms with Gasteiger partial charge in [0.05, 0.1) is 11.8 Å². The van der Waals surface area contributed by atoms with Crippen LogP contribution < -0.4 is 5.32 Å². The maximum atomic E-state index is 12.3. The van der Waals surface area contributed by atoms with Crippen LogP contribution in [0.2, 0.25) is 0 Å². The second-order valence-corrected chi connectivity index (χ2v) is 7.00. The maximum absolute atomic E-state index is 12.3. The molecule has 1 atom stereocenters. The first-order chi connectivity index (χ1) is 12.7. The number of hydrogen-bond acceptors (Lipinski definition) is 4. The highest BCUT2D eigenvalue weighted by Gasteiger charge is 2.14. The molecule has 26 heavy (non-hydrogen) atoms. The van der Waals surface area contributed by atoms with Crippen LogP contribution >= 0.6 is 11.8 Å². The van der Waals surface area contributed by atoms with E-state index in [4.69, 9.17) is 0 Å². The van der Waals surface area contributed by atoms with Gasteiger partial charge in [0.25, 0.3) is 0 Å². The fourth-order valence-corrected chi connectivity index (χ4v) is 3.23. The number of rotatable bonds is 7. The van der Waals surface area contributed by atoms with E-state index in [2.05, 4.69) is 58.6 Å². The number of benzene rings is 2. The summed E-state index contributed by atoms with van der Waals surface area (Å²) in [6.07, 6.45) is 0.846. The summed E-state index contributed by atoms with van der Waals surface area (Å²) in [5.41, 5.74) is 3.31. The number of amides is 1. The van der Waals surface area contributed by atoms with Gasteiger partial charge in [0.15, 0.2) is 5.82 Å². The Labute approximate surface area is 157 Å². The van der Waals surface area contributed by atoms with E-state index in [0.717, 1.165) is 17.5 Å². The van der Waals surface area contributed by atoms with Gasteiger partial charge in [-0.05, 0) is 18.9 Å². The molecular weight excluding hydrogens is 344 g/mol. The van der Waals surface area contributed by atoms with Gasteiger partial charge in [-0.15, -0.1) is 5.10 Å². The molecule has 0 spiro atoms. The molecule has 0 aliphatic rings. The maximum Gasteiger partial charge on any atom is 0.230 e. The molecule has 0 saturated heterocycles. The van der Waals surface area contributed by atoms with E-state index < -0.39 is 0 Å². The molecule has 0 fully saturated rings. The zero-order valence-electron chi connectivity index (χ0n) is 14.9. The van der Waals surface area contributed by atoms with Gasteiger partial charge >= 0.3 is 0 Å². The number of thioether (sulfide) groups is 1. The Bertz CT molecular complexity index is 846. The van der Waals surface area contributed by atoms with Crippen LogP contribution in [0.15, 0.2) is 59.8 Å². The Balaban J connectivity index is 1.55. The highest BCUT2D eigenvalue weighted by molar-refractivity contribution is 7.99. The van der Waals surface area contributed by atoms with Gasteiger partial charge in [0.2, 0.25) is 11.1 Å². The van der Waals surface area contributed by atoms with Crippen LogP contribution in [0.5, 0.6) is 0 Å². The van der Waals surface area contributed by atoms with Gasteiger partial charge in [0, 0.05) is 5.56 Å². The number of carbonyl (C=O) groups excluding carboxylic acids is 1. The lowest BCUT2D eigenvalue weighted by Crippen LogP contribution is -2.29. The largest absolute Gasteiger partial charge is 0.349 e. The smallest absolute Gasteiger partial charge is 0.230 e. The van der Waals surface area contributed by atoms with Crippen molar-refractivity contribution < 1.29 is 4.79 Å². The van der Waals surface area contributed by atoms with Crippen molar-refractivity contribution in [3.8, 4) is 11.4 Å². The van der Waals surface area contributed by atoms with Crippen molar-refractivity contribution in [2.75, 3.05) is 5.75 Å². The van der Waals surface area contributed by atoms with Gasteiger partial charge in [-0.3, -0.25) is 9.89 Å². The summed E-state index contributed by atoms with van der Waals surface area (Å²) in [5, 5.41) is 10.8. The van der Waals surface area contributed by atoms with E-state index in [1.54, 1.807) is 0 Å². The minimum Gasteiger partial charge on any atom is -0.349 e. The van der Waals surface area contributed by atoms with Crippen molar-refractivity contribution >= 4 is 17.7 Å². The third kappa shape index (κ3) is 4.73. The van der Waals surface area contributed by atoms with Crippen LogP contribution in [-0.4, -0.2) is 26.8 Å². The van der Waals surface area contributed by atoms with Crippen LogP contribution in [0.1, 0.15) is 30.5 Å². The number of nitrogens with zero attached hydrogens (tertiary/aromatic N) is 2. The van der Waals surface area contributed by atoms with Gasteiger partial charge in [-0.2, -0.15) is 0 Å². The molecule has 1 heterocycles. The molecule has 0 saturated carbocycles. The summed E-state index contributed by atoms with van der Waals surface area (Å²) in [4.78, 5) is 16.7. The molecule has 2 aromatic carbocycles. The quantitative estimate of drug-likeness (QED) is 0.617. The average molecular weight is 366 g/mol. The molecule has 5 nitrogen and oxygen atoms in total. The zero-order chi connectivity index (χ0) is 18.4. The Kier molecular flexibility index (Phi) is 6.07. The molecule has 3 aromatic rings. The van der Waals surface area contributed by atoms with Gasteiger partial charge in [-0.25, -0.2) is 4.98 Å². The first kappa shape index (κ1) is 18.2. The third-order valence-corrected chi connectivity index (χ3v) is 4.91. The van der Waals surface area contributed by atoms with Crippen LogP contribution in [-0.2, 0) is 4.79 Å². The van der Waals surface area contributed by atoms with Gasteiger partial charge in [-0.1, -0.05) is 78.8 Å². The molecular formula is C20H22N4OS. The molecule has 2 N–H and O–H groups in total. The third-order valence-electron chi connectivity index (χ3n) is 4.07. The zero-order valence-corrected chi connectivity index (χ0v) is 15.7. The second kappa shape index (κ2) is 8.67. The molecule has 0 bridgehead atoms. The minimum absolute atomic E-state index is 0.0199. The Hall–Kier alpha value is -2.60. The summed E-state index contributed by atoms with van der Waals surface area (Å²) in [7, 11) is 0. The summed E-state index contributed by atoms with van der Waals surface area (Å²) in [6.45, 7) is 4.12. The first-order valence-corrected chi connectivity index (χ1v) is 9.61. The van der Waals surface area contributed by atoms with Crippen LogP contribution in [0, 0.1) is 6.92 Å². The predicted molar refractivity (Wildman–Crippen MR) is 105 cm³/mol. The van der Waals surface area contributed by atoms with Crippen molar-refractivity contribution in [3.05, 3.63) is 65.7 Å². The number of H-pyrrole nitrogens is 1. The van der Waals surface area contributed by atoms with E-state index >= 15 is 0 Å². The van der Waals surface area contributed by atoms with Gasteiger partial charge in [0.1, 0.15) is 0 Å². The lowest BCUT2D eigenvalue weighted by atomic mass is 10.0. The lowest BCUT2D eigenvalue weighted by Gasteiger charge is -2.17. The van der Waals surface area contributed by atoms with E-state index in [1.807, 2.05) is 30.3 Å². The van der Waals surface area contributed by atoms with Crippen molar-refractivity contribution in [1.29, 1.82) is 0 Å². The van der Waals surface area contributed by atoms with Gasteiger partial charge < -0.3 is 5.32 Å². The number of carbonyl (C=O) groups is 1. The van der Waals surface area contributed by atoms with Crippen molar-refractivity contribution in [1.82, 2.24) is 20.5 Å². The topological polar surface area (TPSA) is 70.7 Å². The molecule has 0 radical (unpaired) electrons. The molecule has 3 rings (SSSR count). The summed E-state index contributed by atoms with van der Waals surface area (Å²) < 4.78 is 0. The first-order valence-electron chi connectivity index (χ1n) is 8.62. The molecule has 134 valence electrons. The number of nitrogens with one attached hydrogen (secondary N) is 2. The summed E-state index contributed by atoms with van der Waals surface area (Å²) >= 11 is 1.33.